The van der Waals surface area contributed by atoms with Gasteiger partial charge in [-0.1, -0.05) is 54.6 Å². The van der Waals surface area contributed by atoms with E-state index in [9.17, 15) is 14.7 Å². The Morgan fingerprint density at radius 2 is 1.90 bits per heavy atom. The lowest BCUT2D eigenvalue weighted by molar-refractivity contribution is -0.139. The number of ether oxygens (including phenoxy) is 3. The van der Waals surface area contributed by atoms with Crippen molar-refractivity contribution in [3.05, 3.63) is 71.3 Å². The van der Waals surface area contributed by atoms with Crippen LogP contribution in [0.2, 0.25) is 0 Å². The molecule has 0 bridgehead atoms. The molecule has 3 atom stereocenters. The normalized spacial score (nSPS) is 21.2. The average molecular weight is 399 g/mol. The third kappa shape index (κ3) is 5.79. The molecule has 1 heterocycles. The lowest BCUT2D eigenvalue weighted by atomic mass is 9.93. The van der Waals surface area contributed by atoms with E-state index in [1.165, 1.54) is 7.11 Å². The van der Waals surface area contributed by atoms with Gasteiger partial charge < -0.3 is 24.6 Å². The maximum Gasteiger partial charge on any atom is 0.407 e. The molecule has 1 aliphatic heterocycles. The minimum absolute atomic E-state index is 0.140. The molecule has 0 saturated carbocycles. The Balaban J connectivity index is 1.59. The van der Waals surface area contributed by atoms with E-state index in [2.05, 4.69) is 5.32 Å². The zero-order chi connectivity index (χ0) is 20.6. The van der Waals surface area contributed by atoms with Crippen molar-refractivity contribution in [3.8, 4) is 0 Å². The molecular formula is C22H25NO6. The van der Waals surface area contributed by atoms with Crippen molar-refractivity contribution in [2.24, 2.45) is 0 Å². The number of hydrogen-bond donors (Lipinski definition) is 2. The fourth-order valence-electron chi connectivity index (χ4n) is 3.29. The molecule has 0 aromatic heterocycles. The first-order valence-electron chi connectivity index (χ1n) is 9.49. The summed E-state index contributed by atoms with van der Waals surface area (Å²) in [4.78, 5) is 23.7. The summed E-state index contributed by atoms with van der Waals surface area (Å²) in [6, 6.07) is 16.1. The Morgan fingerprint density at radius 3 is 2.66 bits per heavy atom. The molecule has 0 radical (unpaired) electrons. The highest BCUT2D eigenvalue weighted by Gasteiger charge is 2.35. The molecule has 1 fully saturated rings. The first-order valence-corrected chi connectivity index (χ1v) is 9.49. The van der Waals surface area contributed by atoms with Crippen LogP contribution in [0.4, 0.5) is 4.79 Å². The number of nitrogens with one attached hydrogen (secondary N) is 1. The number of amides is 1. The molecule has 0 aliphatic carbocycles. The Morgan fingerprint density at radius 1 is 1.14 bits per heavy atom. The second-order valence-electron chi connectivity index (χ2n) is 6.88. The summed E-state index contributed by atoms with van der Waals surface area (Å²) < 4.78 is 15.7. The number of methoxy groups -OCH3 is 1. The third-order valence-corrected chi connectivity index (χ3v) is 4.82. The van der Waals surface area contributed by atoms with E-state index in [4.69, 9.17) is 14.2 Å². The number of alkyl carbamates (subject to hydrolysis) is 1. The minimum atomic E-state index is -0.943. The van der Waals surface area contributed by atoms with Gasteiger partial charge in [0.05, 0.1) is 19.6 Å². The van der Waals surface area contributed by atoms with Crippen molar-refractivity contribution in [3.63, 3.8) is 0 Å². The zero-order valence-electron chi connectivity index (χ0n) is 16.2. The number of aliphatic hydroxyl groups is 1. The molecule has 1 aliphatic rings. The Labute approximate surface area is 169 Å². The first-order chi connectivity index (χ1) is 14.1. The Kier molecular flexibility index (Phi) is 7.21. The average Bonchev–Trinajstić information content (AvgIpc) is 2.74. The van der Waals surface area contributed by atoms with Crippen LogP contribution in [0.15, 0.2) is 54.6 Å². The molecule has 2 aromatic carbocycles. The molecule has 29 heavy (non-hydrogen) atoms. The largest absolute Gasteiger partial charge is 0.469 e. The number of carbonyl (C=O) groups is 2. The van der Waals surface area contributed by atoms with Crippen LogP contribution in [0, 0.1) is 0 Å². The van der Waals surface area contributed by atoms with Gasteiger partial charge in [0, 0.05) is 6.61 Å². The van der Waals surface area contributed by atoms with Gasteiger partial charge in [0.25, 0.3) is 0 Å². The van der Waals surface area contributed by atoms with Gasteiger partial charge in [-0.3, -0.25) is 4.79 Å². The van der Waals surface area contributed by atoms with E-state index in [0.717, 1.165) is 16.7 Å². The summed E-state index contributed by atoms with van der Waals surface area (Å²) in [6.07, 6.45) is -1.53. The van der Waals surface area contributed by atoms with Crippen LogP contribution in [0.1, 0.15) is 29.2 Å². The van der Waals surface area contributed by atoms with Crippen LogP contribution in [0.25, 0.3) is 0 Å². The highest BCUT2D eigenvalue weighted by molar-refractivity contribution is 5.72. The summed E-state index contributed by atoms with van der Waals surface area (Å²) in [5, 5.41) is 13.5. The third-order valence-electron chi connectivity index (χ3n) is 4.82. The van der Waals surface area contributed by atoms with E-state index in [1.54, 1.807) is 12.1 Å². The van der Waals surface area contributed by atoms with Gasteiger partial charge in [0.1, 0.15) is 18.8 Å². The molecule has 2 N–H and O–H groups in total. The lowest BCUT2D eigenvalue weighted by Crippen LogP contribution is -2.50. The fourth-order valence-corrected chi connectivity index (χ4v) is 3.29. The van der Waals surface area contributed by atoms with Gasteiger partial charge >= 0.3 is 12.1 Å². The highest BCUT2D eigenvalue weighted by Crippen LogP contribution is 2.29. The summed E-state index contributed by atoms with van der Waals surface area (Å²) in [7, 11) is 1.34. The van der Waals surface area contributed by atoms with Gasteiger partial charge in [-0.25, -0.2) is 4.79 Å². The van der Waals surface area contributed by atoms with Gasteiger partial charge in [-0.15, -0.1) is 0 Å². The topological polar surface area (TPSA) is 94.1 Å². The van der Waals surface area contributed by atoms with Crippen LogP contribution < -0.4 is 5.32 Å². The van der Waals surface area contributed by atoms with Crippen molar-refractivity contribution in [2.45, 2.75) is 37.7 Å². The number of carbonyl (C=O) groups excluding carboxylic acids is 2. The van der Waals surface area contributed by atoms with Gasteiger partial charge in [0.2, 0.25) is 0 Å². The lowest BCUT2D eigenvalue weighted by Gasteiger charge is -2.35. The predicted molar refractivity (Wildman–Crippen MR) is 105 cm³/mol. The Hall–Kier alpha value is -2.90. The van der Waals surface area contributed by atoms with Crippen molar-refractivity contribution in [1.82, 2.24) is 5.32 Å². The predicted octanol–water partition coefficient (Wildman–Crippen LogP) is 2.52. The maximum atomic E-state index is 12.1. The molecule has 3 unspecified atom stereocenters. The number of rotatable bonds is 6. The molecule has 7 heteroatoms. The quantitative estimate of drug-likeness (QED) is 0.725. The van der Waals surface area contributed by atoms with E-state index in [1.807, 2.05) is 42.5 Å². The molecule has 2 aromatic rings. The van der Waals surface area contributed by atoms with Crippen LogP contribution in [-0.4, -0.2) is 43.0 Å². The van der Waals surface area contributed by atoms with Crippen LogP contribution in [0.5, 0.6) is 0 Å². The number of hydrogen-bond acceptors (Lipinski definition) is 6. The van der Waals surface area contributed by atoms with E-state index >= 15 is 0 Å². The standard InChI is InChI=1S/C22H25NO6/c1-27-19(24)13-16-8-5-9-17(12-16)21-20(25)18(10-11-28-21)23-22(26)29-14-15-6-3-2-4-7-15/h2-9,12,18,20-21,25H,10-11,13-14H2,1H3,(H,23,26). The minimum Gasteiger partial charge on any atom is -0.469 e. The molecule has 1 amide bonds. The van der Waals surface area contributed by atoms with E-state index < -0.39 is 24.3 Å². The van der Waals surface area contributed by atoms with Gasteiger partial charge in [0.15, 0.2) is 0 Å². The van der Waals surface area contributed by atoms with Crippen molar-refractivity contribution >= 4 is 12.1 Å². The van der Waals surface area contributed by atoms with E-state index in [-0.39, 0.29) is 19.0 Å². The molecule has 0 spiro atoms. The Bertz CT molecular complexity index is 825. The van der Waals surface area contributed by atoms with Gasteiger partial charge in [-0.05, 0) is 23.1 Å². The van der Waals surface area contributed by atoms with E-state index in [0.29, 0.717) is 13.0 Å². The van der Waals surface area contributed by atoms with Crippen LogP contribution in [-0.2, 0) is 32.0 Å². The summed E-state index contributed by atoms with van der Waals surface area (Å²) in [5.41, 5.74) is 2.39. The molecule has 3 rings (SSSR count). The molecule has 1 saturated heterocycles. The van der Waals surface area contributed by atoms with Crippen LogP contribution in [0.3, 0.4) is 0 Å². The fraction of sp³-hybridized carbons (Fsp3) is 0.364. The molecule has 154 valence electrons. The molecular weight excluding hydrogens is 374 g/mol. The number of aliphatic hydroxyl groups excluding tert-OH is 1. The summed E-state index contributed by atoms with van der Waals surface area (Å²) in [6.45, 7) is 0.539. The number of esters is 1. The second kappa shape index (κ2) is 10.0. The zero-order valence-corrected chi connectivity index (χ0v) is 16.2. The smallest absolute Gasteiger partial charge is 0.407 e. The highest BCUT2D eigenvalue weighted by atomic mass is 16.5. The van der Waals surface area contributed by atoms with Crippen molar-refractivity contribution in [2.75, 3.05) is 13.7 Å². The van der Waals surface area contributed by atoms with Gasteiger partial charge in [-0.2, -0.15) is 0 Å². The SMILES string of the molecule is COC(=O)Cc1cccc(C2OCCC(NC(=O)OCc3ccccc3)C2O)c1. The number of benzene rings is 2. The maximum absolute atomic E-state index is 12.1. The van der Waals surface area contributed by atoms with Crippen LogP contribution >= 0.6 is 0 Å². The van der Waals surface area contributed by atoms with Crippen molar-refractivity contribution in [1.29, 1.82) is 0 Å². The first kappa shape index (κ1) is 20.8. The molecule has 7 nitrogen and oxygen atoms in total. The summed E-state index contributed by atoms with van der Waals surface area (Å²) in [5.74, 6) is -0.340. The second-order valence-corrected chi connectivity index (χ2v) is 6.88. The monoisotopic (exact) mass is 399 g/mol. The van der Waals surface area contributed by atoms with Crippen molar-refractivity contribution < 1.29 is 28.9 Å². The summed E-state index contributed by atoms with van der Waals surface area (Å²) >= 11 is 0.